The fourth-order valence-corrected chi connectivity index (χ4v) is 2.72. The molecule has 0 aliphatic carbocycles. The van der Waals surface area contributed by atoms with Gasteiger partial charge in [0.15, 0.2) is 0 Å². The van der Waals surface area contributed by atoms with Crippen molar-refractivity contribution in [2.24, 2.45) is 5.92 Å². The van der Waals surface area contributed by atoms with Crippen LogP contribution in [0.3, 0.4) is 0 Å². The highest BCUT2D eigenvalue weighted by Gasteiger charge is 2.23. The lowest BCUT2D eigenvalue weighted by Gasteiger charge is -2.14. The Hall–Kier alpha value is -1.20. The van der Waals surface area contributed by atoms with Crippen molar-refractivity contribution >= 4 is 23.3 Å². The second kappa shape index (κ2) is 7.18. The molecule has 1 aliphatic rings. The third-order valence-electron chi connectivity index (χ3n) is 3.93. The van der Waals surface area contributed by atoms with Gasteiger partial charge in [0.2, 0.25) is 0 Å². The van der Waals surface area contributed by atoms with E-state index in [-0.39, 0.29) is 18.5 Å². The number of β-amino-alcohol motifs (C(OH)–C–C–N with tert-alkyl or cyclic N) is 1. The normalized spacial score (nSPS) is 21.4. The first-order valence-corrected chi connectivity index (χ1v) is 7.18. The van der Waals surface area contributed by atoms with Gasteiger partial charge in [0, 0.05) is 43.2 Å². The summed E-state index contributed by atoms with van der Waals surface area (Å²) in [4.78, 5) is 4.51. The summed E-state index contributed by atoms with van der Waals surface area (Å²) in [6.07, 6.45) is -0.216. The molecule has 1 aliphatic heterocycles. The van der Waals surface area contributed by atoms with Gasteiger partial charge in [-0.15, -0.1) is 12.4 Å². The Balaban J connectivity index is 0.00000161. The maximum absolute atomic E-state index is 9.74. The number of aryl methyl sites for hydroxylation is 1. The summed E-state index contributed by atoms with van der Waals surface area (Å²) >= 11 is 0. The molecule has 114 valence electrons. The highest BCUT2D eigenvalue weighted by Crippen LogP contribution is 2.15. The minimum Gasteiger partial charge on any atom is -0.391 e. The topological polar surface area (TPSA) is 57.2 Å². The fraction of sp³-hybridized carbons (Fsp3) is 0.438. The van der Waals surface area contributed by atoms with Crippen LogP contribution in [0.5, 0.6) is 0 Å². The van der Waals surface area contributed by atoms with Crippen molar-refractivity contribution in [3.63, 3.8) is 0 Å². The molecule has 2 atom stereocenters. The van der Waals surface area contributed by atoms with Crippen molar-refractivity contribution in [2.45, 2.75) is 19.6 Å². The molecule has 1 fully saturated rings. The van der Waals surface area contributed by atoms with E-state index in [9.17, 15) is 5.11 Å². The number of benzene rings is 1. The molecule has 1 aromatic heterocycles. The van der Waals surface area contributed by atoms with Crippen LogP contribution in [0.25, 0.3) is 10.9 Å². The minimum absolute atomic E-state index is 0. The van der Waals surface area contributed by atoms with Crippen molar-refractivity contribution in [1.82, 2.24) is 15.6 Å². The van der Waals surface area contributed by atoms with Crippen LogP contribution >= 0.6 is 12.4 Å². The number of aliphatic hydroxyl groups excluding tert-OH is 1. The van der Waals surface area contributed by atoms with Crippen molar-refractivity contribution in [1.29, 1.82) is 0 Å². The largest absolute Gasteiger partial charge is 0.391 e. The monoisotopic (exact) mass is 307 g/mol. The maximum atomic E-state index is 9.74. The van der Waals surface area contributed by atoms with Crippen LogP contribution in [0.15, 0.2) is 30.3 Å². The first kappa shape index (κ1) is 16.2. The number of nitrogens with one attached hydrogen (secondary N) is 2. The van der Waals surface area contributed by atoms with Gasteiger partial charge >= 0.3 is 0 Å². The molecule has 0 amide bonds. The number of fused-ring (bicyclic) bond motifs is 1. The van der Waals surface area contributed by atoms with Gasteiger partial charge in [-0.2, -0.15) is 0 Å². The summed E-state index contributed by atoms with van der Waals surface area (Å²) in [5.41, 5.74) is 3.35. The second-order valence-electron chi connectivity index (χ2n) is 5.60. The number of hydrogen-bond acceptors (Lipinski definition) is 4. The van der Waals surface area contributed by atoms with Crippen LogP contribution in [0.2, 0.25) is 0 Å². The molecule has 4 nitrogen and oxygen atoms in total. The Morgan fingerprint density at radius 3 is 2.90 bits per heavy atom. The molecule has 0 saturated carbocycles. The van der Waals surface area contributed by atoms with E-state index in [1.165, 1.54) is 10.9 Å². The standard InChI is InChI=1S/C16H21N3O.ClH/c1-11-2-4-13-6-12(3-5-15(13)19-11)7-17-8-14-9-18-10-16(14)20;/h2-6,14,16-18,20H,7-10H2,1H3;1H. The first-order chi connectivity index (χ1) is 9.72. The summed E-state index contributed by atoms with van der Waals surface area (Å²) in [6, 6.07) is 10.5. The van der Waals surface area contributed by atoms with E-state index >= 15 is 0 Å². The predicted octanol–water partition coefficient (Wildman–Crippen LogP) is 1.63. The SMILES string of the molecule is Cc1ccc2cc(CNCC3CNCC3O)ccc2n1.Cl. The fourth-order valence-electron chi connectivity index (χ4n) is 2.72. The number of hydrogen-bond donors (Lipinski definition) is 3. The van der Waals surface area contributed by atoms with Crippen molar-refractivity contribution in [2.75, 3.05) is 19.6 Å². The molecule has 0 bridgehead atoms. The zero-order valence-corrected chi connectivity index (χ0v) is 13.0. The number of pyridine rings is 1. The molecule has 0 spiro atoms. The molecule has 2 heterocycles. The van der Waals surface area contributed by atoms with Gasteiger partial charge in [-0.25, -0.2) is 0 Å². The van der Waals surface area contributed by atoms with Crippen LogP contribution < -0.4 is 10.6 Å². The third-order valence-corrected chi connectivity index (χ3v) is 3.93. The minimum atomic E-state index is -0.216. The third kappa shape index (κ3) is 3.92. The van der Waals surface area contributed by atoms with Crippen LogP contribution in [-0.4, -0.2) is 35.8 Å². The van der Waals surface area contributed by atoms with Crippen molar-refractivity contribution in [3.05, 3.63) is 41.6 Å². The van der Waals surface area contributed by atoms with E-state index in [4.69, 9.17) is 0 Å². The van der Waals surface area contributed by atoms with Gasteiger partial charge in [-0.05, 0) is 30.7 Å². The molecule has 2 aromatic rings. The van der Waals surface area contributed by atoms with E-state index in [0.717, 1.165) is 30.8 Å². The average Bonchev–Trinajstić information content (AvgIpc) is 2.85. The molecule has 3 N–H and O–H groups in total. The Morgan fingerprint density at radius 2 is 2.14 bits per heavy atom. The quantitative estimate of drug-likeness (QED) is 0.804. The number of aromatic nitrogens is 1. The molecule has 1 saturated heterocycles. The smallest absolute Gasteiger partial charge is 0.0716 e. The second-order valence-corrected chi connectivity index (χ2v) is 5.60. The van der Waals surface area contributed by atoms with Gasteiger partial charge in [0.1, 0.15) is 0 Å². The van der Waals surface area contributed by atoms with E-state index in [0.29, 0.717) is 12.5 Å². The zero-order valence-electron chi connectivity index (χ0n) is 12.2. The Morgan fingerprint density at radius 1 is 1.29 bits per heavy atom. The lowest BCUT2D eigenvalue weighted by Crippen LogP contribution is -2.30. The summed E-state index contributed by atoms with van der Waals surface area (Å²) < 4.78 is 0. The van der Waals surface area contributed by atoms with Gasteiger partial charge in [0.25, 0.3) is 0 Å². The summed E-state index contributed by atoms with van der Waals surface area (Å²) in [5.74, 6) is 0.319. The molecule has 5 heteroatoms. The van der Waals surface area contributed by atoms with Gasteiger partial charge in [0.05, 0.1) is 11.6 Å². The first-order valence-electron chi connectivity index (χ1n) is 7.18. The molecule has 2 unspecified atom stereocenters. The van der Waals surface area contributed by atoms with Crippen molar-refractivity contribution < 1.29 is 5.11 Å². The van der Waals surface area contributed by atoms with E-state index < -0.39 is 0 Å². The number of halogens is 1. The summed E-state index contributed by atoms with van der Waals surface area (Å²) in [7, 11) is 0. The van der Waals surface area contributed by atoms with E-state index in [1.54, 1.807) is 0 Å². The van der Waals surface area contributed by atoms with Gasteiger partial charge in [-0.3, -0.25) is 4.98 Å². The van der Waals surface area contributed by atoms with E-state index in [1.807, 2.05) is 13.0 Å². The molecular formula is C16H22ClN3O. The van der Waals surface area contributed by atoms with Gasteiger partial charge in [-0.1, -0.05) is 12.1 Å². The number of aliphatic hydroxyl groups is 1. The lowest BCUT2D eigenvalue weighted by atomic mass is 10.1. The van der Waals surface area contributed by atoms with Crippen LogP contribution in [-0.2, 0) is 6.54 Å². The van der Waals surface area contributed by atoms with Crippen LogP contribution in [0.1, 0.15) is 11.3 Å². The molecule has 1 aromatic carbocycles. The van der Waals surface area contributed by atoms with Crippen molar-refractivity contribution in [3.8, 4) is 0 Å². The highest BCUT2D eigenvalue weighted by atomic mass is 35.5. The maximum Gasteiger partial charge on any atom is 0.0716 e. The highest BCUT2D eigenvalue weighted by molar-refractivity contribution is 5.85. The molecule has 3 rings (SSSR count). The van der Waals surface area contributed by atoms with E-state index in [2.05, 4.69) is 39.9 Å². The molecule has 0 radical (unpaired) electrons. The summed E-state index contributed by atoms with van der Waals surface area (Å²) in [6.45, 7) is 5.30. The Bertz CT molecular complexity index is 605. The van der Waals surface area contributed by atoms with Crippen LogP contribution in [0.4, 0.5) is 0 Å². The predicted molar refractivity (Wildman–Crippen MR) is 87.8 cm³/mol. The number of rotatable bonds is 4. The molecule has 21 heavy (non-hydrogen) atoms. The molecular weight excluding hydrogens is 286 g/mol. The lowest BCUT2D eigenvalue weighted by molar-refractivity contribution is 0.146. The number of nitrogens with zero attached hydrogens (tertiary/aromatic N) is 1. The van der Waals surface area contributed by atoms with Gasteiger partial charge < -0.3 is 15.7 Å². The zero-order chi connectivity index (χ0) is 13.9. The Labute approximate surface area is 131 Å². The van der Waals surface area contributed by atoms with Crippen LogP contribution in [0, 0.1) is 12.8 Å². The Kier molecular flexibility index (Phi) is 5.53. The average molecular weight is 308 g/mol. The summed E-state index contributed by atoms with van der Waals surface area (Å²) in [5, 5.41) is 17.6.